The van der Waals surface area contributed by atoms with Gasteiger partial charge in [0.15, 0.2) is 0 Å². The maximum Gasteiger partial charge on any atom is 0.317 e. The smallest absolute Gasteiger partial charge is 0.317 e. The van der Waals surface area contributed by atoms with Crippen molar-refractivity contribution in [1.82, 2.24) is 4.98 Å². The number of aromatic amines is 1. The van der Waals surface area contributed by atoms with Crippen LogP contribution >= 0.6 is 23.5 Å². The number of aromatic nitrogens is 1. The van der Waals surface area contributed by atoms with Crippen LogP contribution in [0.3, 0.4) is 0 Å². The number of carbonyl (C=O) groups is 2. The van der Waals surface area contributed by atoms with Crippen molar-refractivity contribution in [2.75, 3.05) is 16.8 Å². The van der Waals surface area contributed by atoms with E-state index in [-0.39, 0.29) is 11.4 Å². The number of fused-ring (bicyclic) bond motifs is 1. The molecule has 1 aromatic heterocycles. The van der Waals surface area contributed by atoms with Gasteiger partial charge in [0, 0.05) is 22.4 Å². The second kappa shape index (κ2) is 5.53. The summed E-state index contributed by atoms with van der Waals surface area (Å²) in [5.41, 5.74) is 12.7. The number of nitrogens with one attached hydrogen (secondary N) is 2. The summed E-state index contributed by atoms with van der Waals surface area (Å²) in [5.74, 6) is 1.91. The normalized spacial score (nSPS) is 15.4. The first-order valence-corrected chi connectivity index (χ1v) is 8.41. The Bertz CT molecular complexity index is 722. The molecule has 0 aliphatic carbocycles. The molecule has 0 spiro atoms. The molecule has 2 aromatic rings. The van der Waals surface area contributed by atoms with Gasteiger partial charge >= 0.3 is 6.03 Å². The molecule has 0 atom stereocenters. The van der Waals surface area contributed by atoms with E-state index in [2.05, 4.69) is 10.3 Å². The quantitative estimate of drug-likeness (QED) is 0.693. The van der Waals surface area contributed by atoms with Crippen LogP contribution in [0.25, 0.3) is 10.9 Å². The number of primary amides is 2. The van der Waals surface area contributed by atoms with Gasteiger partial charge in [-0.2, -0.15) is 0 Å². The number of nitrogens with two attached hydrogens (primary N) is 2. The summed E-state index contributed by atoms with van der Waals surface area (Å²) in [6.45, 7) is 0. The van der Waals surface area contributed by atoms with E-state index in [9.17, 15) is 9.59 Å². The lowest BCUT2D eigenvalue weighted by Crippen LogP contribution is -2.22. The Morgan fingerprint density at radius 3 is 2.57 bits per heavy atom. The molecular weight excluding hydrogens is 308 g/mol. The highest BCUT2D eigenvalue weighted by molar-refractivity contribution is 8.19. The fourth-order valence-corrected chi connectivity index (χ4v) is 5.22. The zero-order chi connectivity index (χ0) is 15.0. The summed E-state index contributed by atoms with van der Waals surface area (Å²) in [4.78, 5) is 25.7. The number of hydrogen-bond acceptors (Lipinski definition) is 4. The van der Waals surface area contributed by atoms with E-state index in [1.165, 1.54) is 5.56 Å². The summed E-state index contributed by atoms with van der Waals surface area (Å²) >= 11 is 3.80. The predicted molar refractivity (Wildman–Crippen MR) is 87.7 cm³/mol. The van der Waals surface area contributed by atoms with Crippen LogP contribution in [-0.4, -0.2) is 28.4 Å². The summed E-state index contributed by atoms with van der Waals surface area (Å²) in [7, 11) is 0. The van der Waals surface area contributed by atoms with Gasteiger partial charge in [-0.15, -0.1) is 23.5 Å². The van der Waals surface area contributed by atoms with Gasteiger partial charge in [0.05, 0.1) is 10.1 Å². The van der Waals surface area contributed by atoms with Gasteiger partial charge in [-0.1, -0.05) is 12.1 Å². The van der Waals surface area contributed by atoms with Crippen LogP contribution in [-0.2, 0) is 0 Å². The van der Waals surface area contributed by atoms with Crippen LogP contribution in [0.5, 0.6) is 0 Å². The Kier molecular flexibility index (Phi) is 3.73. The maximum atomic E-state index is 11.6. The zero-order valence-corrected chi connectivity index (χ0v) is 12.6. The average Bonchev–Trinajstić information content (AvgIpc) is 3.03. The minimum absolute atomic E-state index is 0.244. The van der Waals surface area contributed by atoms with Crippen LogP contribution in [0.1, 0.15) is 20.5 Å². The Morgan fingerprint density at radius 1 is 1.24 bits per heavy atom. The van der Waals surface area contributed by atoms with Crippen molar-refractivity contribution in [2.45, 2.75) is 4.58 Å². The number of rotatable bonds is 3. The minimum atomic E-state index is -0.744. The molecule has 6 nitrogen and oxygen atoms in total. The Labute approximate surface area is 129 Å². The molecule has 3 amide bonds. The molecule has 0 saturated carbocycles. The summed E-state index contributed by atoms with van der Waals surface area (Å²) in [6.07, 6.45) is 0. The molecule has 0 radical (unpaired) electrons. The standard InChI is InChI=1S/C13H14N4O2S2/c14-10(18)9-7-2-1-6(12-20-3-4-21-12)5-8(7)16-11(9)17-13(15)19/h1-2,5,12,16H,3-4H2,(H2,14,18)(H3,15,17,19). The summed E-state index contributed by atoms with van der Waals surface area (Å²) < 4.78 is 0.405. The van der Waals surface area contributed by atoms with Crippen LogP contribution < -0.4 is 16.8 Å². The molecule has 1 fully saturated rings. The molecule has 110 valence electrons. The molecular formula is C13H14N4O2S2. The maximum absolute atomic E-state index is 11.6. The number of hydrogen-bond donors (Lipinski definition) is 4. The van der Waals surface area contributed by atoms with Gasteiger partial charge in [-0.05, 0) is 11.6 Å². The van der Waals surface area contributed by atoms with Gasteiger partial charge in [-0.3, -0.25) is 10.1 Å². The predicted octanol–water partition coefficient (Wildman–Crippen LogP) is 2.24. The van der Waals surface area contributed by atoms with E-state index in [1.807, 2.05) is 41.7 Å². The van der Waals surface area contributed by atoms with Gasteiger partial charge in [0.25, 0.3) is 5.91 Å². The van der Waals surface area contributed by atoms with Crippen molar-refractivity contribution in [3.8, 4) is 0 Å². The van der Waals surface area contributed by atoms with Crippen molar-refractivity contribution in [1.29, 1.82) is 0 Å². The number of benzene rings is 1. The fraction of sp³-hybridized carbons (Fsp3) is 0.231. The lowest BCUT2D eigenvalue weighted by atomic mass is 10.1. The largest absolute Gasteiger partial charge is 0.365 e. The molecule has 1 aliphatic heterocycles. The molecule has 0 bridgehead atoms. The van der Waals surface area contributed by atoms with Crippen molar-refractivity contribution in [3.63, 3.8) is 0 Å². The second-order valence-corrected chi connectivity index (χ2v) is 7.33. The van der Waals surface area contributed by atoms with Crippen molar-refractivity contribution >= 4 is 52.2 Å². The number of amides is 3. The molecule has 0 unspecified atom stereocenters. The molecule has 1 saturated heterocycles. The van der Waals surface area contributed by atoms with E-state index in [0.29, 0.717) is 9.97 Å². The number of urea groups is 1. The van der Waals surface area contributed by atoms with Crippen LogP contribution in [0.4, 0.5) is 10.6 Å². The Hall–Kier alpha value is -1.80. The second-order valence-electron chi connectivity index (χ2n) is 4.61. The SMILES string of the molecule is NC(=O)Nc1[nH]c2cc(C3SCCS3)ccc2c1C(N)=O. The topological polar surface area (TPSA) is 114 Å². The van der Waals surface area contributed by atoms with E-state index in [4.69, 9.17) is 11.5 Å². The number of thioether (sulfide) groups is 2. The van der Waals surface area contributed by atoms with E-state index in [1.54, 1.807) is 0 Å². The van der Waals surface area contributed by atoms with Gasteiger partial charge in [0.2, 0.25) is 0 Å². The fourth-order valence-electron chi connectivity index (χ4n) is 2.39. The third-order valence-corrected chi connectivity index (χ3v) is 6.32. The van der Waals surface area contributed by atoms with Crippen molar-refractivity contribution < 1.29 is 9.59 Å². The third-order valence-electron chi connectivity index (χ3n) is 3.21. The molecule has 1 aliphatic rings. The average molecular weight is 322 g/mol. The van der Waals surface area contributed by atoms with Gasteiger partial charge in [-0.25, -0.2) is 4.79 Å². The monoisotopic (exact) mass is 322 g/mol. The number of carbonyl (C=O) groups excluding carboxylic acids is 2. The summed E-state index contributed by atoms with van der Waals surface area (Å²) in [6, 6.07) is 5.09. The number of H-pyrrole nitrogens is 1. The zero-order valence-electron chi connectivity index (χ0n) is 11.0. The van der Waals surface area contributed by atoms with Crippen molar-refractivity contribution in [2.24, 2.45) is 11.5 Å². The van der Waals surface area contributed by atoms with E-state index < -0.39 is 11.9 Å². The highest BCUT2D eigenvalue weighted by atomic mass is 32.2. The molecule has 21 heavy (non-hydrogen) atoms. The molecule has 3 rings (SSSR count). The minimum Gasteiger partial charge on any atom is -0.365 e. The molecule has 1 aromatic carbocycles. The van der Waals surface area contributed by atoms with E-state index in [0.717, 1.165) is 17.0 Å². The first kappa shape index (κ1) is 14.2. The highest BCUT2D eigenvalue weighted by Gasteiger charge is 2.21. The summed E-state index contributed by atoms with van der Waals surface area (Å²) in [5, 5.41) is 3.09. The first-order chi connectivity index (χ1) is 10.1. The van der Waals surface area contributed by atoms with Crippen LogP contribution in [0.2, 0.25) is 0 Å². The lowest BCUT2D eigenvalue weighted by molar-refractivity contribution is 0.100. The van der Waals surface area contributed by atoms with Crippen LogP contribution in [0, 0.1) is 0 Å². The molecule has 6 N–H and O–H groups in total. The van der Waals surface area contributed by atoms with Gasteiger partial charge < -0.3 is 16.5 Å². The highest BCUT2D eigenvalue weighted by Crippen LogP contribution is 2.46. The Morgan fingerprint density at radius 2 is 1.95 bits per heavy atom. The number of anilines is 1. The Balaban J connectivity index is 2.09. The third kappa shape index (κ3) is 2.68. The first-order valence-electron chi connectivity index (χ1n) is 6.31. The van der Waals surface area contributed by atoms with Gasteiger partial charge in [0.1, 0.15) is 5.82 Å². The molecule has 2 heterocycles. The molecule has 8 heteroatoms. The van der Waals surface area contributed by atoms with Crippen LogP contribution in [0.15, 0.2) is 18.2 Å². The van der Waals surface area contributed by atoms with E-state index >= 15 is 0 Å². The van der Waals surface area contributed by atoms with Crippen molar-refractivity contribution in [3.05, 3.63) is 29.3 Å². The lowest BCUT2D eigenvalue weighted by Gasteiger charge is -2.07.